The molecule has 0 unspecified atom stereocenters. The number of hydrogen-bond donors (Lipinski definition) is 0. The number of halogens is 2. The van der Waals surface area contributed by atoms with Crippen LogP contribution in [0.2, 0.25) is 0 Å². The number of hydrogen-bond acceptors (Lipinski definition) is 1. The van der Waals surface area contributed by atoms with Gasteiger partial charge in [-0.2, -0.15) is 0 Å². The number of fused-ring (bicyclic) bond motifs is 1. The average Bonchev–Trinajstić information content (AvgIpc) is 2.85. The van der Waals surface area contributed by atoms with Crippen LogP contribution in [-0.4, -0.2) is 0 Å². The molecule has 0 aromatic heterocycles. The van der Waals surface area contributed by atoms with E-state index in [1.165, 1.54) is 38.6 Å². The molecule has 0 amide bonds. The van der Waals surface area contributed by atoms with E-state index >= 15 is 0 Å². The van der Waals surface area contributed by atoms with Crippen molar-refractivity contribution < 1.29 is 49.0 Å². The molecule has 0 atom stereocenters. The van der Waals surface area contributed by atoms with Crippen LogP contribution in [0.4, 0.5) is 0 Å². The van der Waals surface area contributed by atoms with Gasteiger partial charge < -0.3 is 24.8 Å². The second-order valence-electron chi connectivity index (χ2n) is 6.52. The van der Waals surface area contributed by atoms with Gasteiger partial charge in [-0.15, -0.1) is 0 Å². The summed E-state index contributed by atoms with van der Waals surface area (Å²) in [6.07, 6.45) is 3.34. The summed E-state index contributed by atoms with van der Waals surface area (Å²) in [6, 6.07) is 13.1. The number of allylic oxidation sites excluding steroid dienone is 4. The Bertz CT molecular complexity index is 806. The quantitative estimate of drug-likeness (QED) is 0.647. The fourth-order valence-electron chi connectivity index (χ4n) is 3.33. The molecule has 0 aliphatic heterocycles. The minimum atomic E-state index is -0.319. The predicted octanol–water partition coefficient (Wildman–Crippen LogP) is -0.315. The normalized spacial score (nSPS) is 14.3. The van der Waals surface area contributed by atoms with E-state index in [0.717, 1.165) is 6.42 Å². The molecule has 0 heterocycles. The van der Waals surface area contributed by atoms with Gasteiger partial charge in [-0.3, -0.25) is 0 Å². The molecule has 0 spiro atoms. The Morgan fingerprint density at radius 1 is 1.00 bits per heavy atom. The van der Waals surface area contributed by atoms with Crippen LogP contribution in [0.15, 0.2) is 53.6 Å². The molecular formula is C20H21Cl2OTi. The second-order valence-corrected chi connectivity index (χ2v) is 6.84. The minimum Gasteiger partial charge on any atom is -1.00 e. The average molecular weight is 396 g/mol. The molecule has 0 bridgehead atoms. The van der Waals surface area contributed by atoms with Crippen molar-refractivity contribution in [3.05, 3.63) is 64.7 Å². The molecule has 1 nitrogen and oxygen atoms in total. The van der Waals surface area contributed by atoms with E-state index in [2.05, 4.69) is 70.2 Å². The predicted molar refractivity (Wildman–Crippen MR) is 89.0 cm³/mol. The molecule has 4 heteroatoms. The van der Waals surface area contributed by atoms with Crippen molar-refractivity contribution in [3.8, 4) is 0 Å². The van der Waals surface area contributed by atoms with Crippen molar-refractivity contribution >= 4 is 16.3 Å². The van der Waals surface area contributed by atoms with Gasteiger partial charge in [-0.1, -0.05) is 0 Å². The van der Waals surface area contributed by atoms with E-state index in [1.807, 2.05) is 0 Å². The van der Waals surface area contributed by atoms with Crippen LogP contribution < -0.4 is 24.8 Å². The Morgan fingerprint density at radius 3 is 2.25 bits per heavy atom. The molecule has 1 aliphatic carbocycles. The summed E-state index contributed by atoms with van der Waals surface area (Å²) in [4.78, 5) is 0. The van der Waals surface area contributed by atoms with E-state index in [-0.39, 0.29) is 30.4 Å². The zero-order valence-corrected chi connectivity index (χ0v) is 17.5. The summed E-state index contributed by atoms with van der Waals surface area (Å²) in [6.45, 7) is 8.74. The molecule has 0 saturated heterocycles. The zero-order valence-electron chi connectivity index (χ0n) is 14.4. The zero-order chi connectivity index (χ0) is 15.9. The Kier molecular flexibility index (Phi) is 7.35. The van der Waals surface area contributed by atoms with Crippen LogP contribution in [0.5, 0.6) is 0 Å². The SMILES string of the molecule is CC1=CCC(c2ccc3ccccc3c2C(C)(C)[O][Ti+2])=C1C.[Cl-].[Cl-]. The Hall–Kier alpha value is -0.566. The van der Waals surface area contributed by atoms with E-state index < -0.39 is 0 Å². The summed E-state index contributed by atoms with van der Waals surface area (Å²) in [5, 5.41) is 2.56. The minimum absolute atomic E-state index is 0. The van der Waals surface area contributed by atoms with Gasteiger partial charge in [0, 0.05) is 0 Å². The maximum Gasteiger partial charge on any atom is -1.00 e. The van der Waals surface area contributed by atoms with E-state index in [9.17, 15) is 0 Å². The molecule has 0 saturated carbocycles. The van der Waals surface area contributed by atoms with Crippen LogP contribution in [-0.2, 0) is 29.7 Å². The molecule has 1 aliphatic rings. The Labute approximate surface area is 169 Å². The van der Waals surface area contributed by atoms with E-state index in [1.54, 1.807) is 20.8 Å². The smallest absolute Gasteiger partial charge is 1.00 e. The van der Waals surface area contributed by atoms with Crippen molar-refractivity contribution in [2.45, 2.75) is 39.7 Å². The topological polar surface area (TPSA) is 9.23 Å². The standard InChI is InChI=1S/C20H21O.2ClH.Ti/c1-13-9-11-16(14(13)2)18-12-10-15-7-5-6-8-17(15)19(18)20(3,4)21;;;/h5-10,12H,11H2,1-4H3;2*1H;/q-1;;;+3/p-2. The Morgan fingerprint density at radius 2 is 1.67 bits per heavy atom. The monoisotopic (exact) mass is 395 g/mol. The second kappa shape index (κ2) is 8.21. The summed E-state index contributed by atoms with van der Waals surface area (Å²) < 4.78 is 5.85. The van der Waals surface area contributed by atoms with E-state index in [4.69, 9.17) is 3.32 Å². The van der Waals surface area contributed by atoms with Crippen molar-refractivity contribution in [2.75, 3.05) is 0 Å². The van der Waals surface area contributed by atoms with Gasteiger partial charge in [0.15, 0.2) is 0 Å². The fraction of sp³-hybridized carbons (Fsp3) is 0.300. The number of rotatable bonds is 3. The van der Waals surface area contributed by atoms with Crippen LogP contribution >= 0.6 is 0 Å². The third-order valence-corrected chi connectivity index (χ3v) is 5.56. The van der Waals surface area contributed by atoms with Gasteiger partial charge in [0.25, 0.3) is 0 Å². The maximum atomic E-state index is 5.85. The summed E-state index contributed by atoms with van der Waals surface area (Å²) >= 11 is 1.80. The first-order valence-electron chi connectivity index (χ1n) is 7.70. The first kappa shape index (κ1) is 21.5. The summed E-state index contributed by atoms with van der Waals surface area (Å²) in [7, 11) is 0. The molecule has 0 N–H and O–H groups in total. The molecule has 3 rings (SSSR count). The number of benzene rings is 2. The van der Waals surface area contributed by atoms with Gasteiger partial charge in [-0.25, -0.2) is 0 Å². The molecule has 24 heavy (non-hydrogen) atoms. The summed E-state index contributed by atoms with van der Waals surface area (Å²) in [5.74, 6) is 0. The molecule has 2 aromatic rings. The van der Waals surface area contributed by atoms with Gasteiger partial charge in [0.05, 0.1) is 0 Å². The van der Waals surface area contributed by atoms with Crippen LogP contribution in [0.25, 0.3) is 16.3 Å². The van der Waals surface area contributed by atoms with Crippen LogP contribution in [0.1, 0.15) is 45.2 Å². The molecule has 2 aromatic carbocycles. The van der Waals surface area contributed by atoms with Crippen molar-refractivity contribution in [1.82, 2.24) is 0 Å². The summed E-state index contributed by atoms with van der Waals surface area (Å²) in [5.41, 5.74) is 6.54. The third kappa shape index (κ3) is 3.66. The molecule has 0 fully saturated rings. The van der Waals surface area contributed by atoms with Gasteiger partial charge in [-0.05, 0) is 0 Å². The first-order valence-corrected chi connectivity index (χ1v) is 8.33. The van der Waals surface area contributed by atoms with Crippen LogP contribution in [0, 0.1) is 0 Å². The van der Waals surface area contributed by atoms with Crippen LogP contribution in [0.3, 0.4) is 0 Å². The van der Waals surface area contributed by atoms with Gasteiger partial charge in [0.1, 0.15) is 0 Å². The molecule has 125 valence electrons. The van der Waals surface area contributed by atoms with Gasteiger partial charge >= 0.3 is 145 Å². The van der Waals surface area contributed by atoms with Crippen molar-refractivity contribution in [1.29, 1.82) is 0 Å². The molecular weight excluding hydrogens is 375 g/mol. The largest absolute Gasteiger partial charge is 1.00 e. The molecule has 0 radical (unpaired) electrons. The Balaban J connectivity index is 0.00000144. The fourth-order valence-corrected chi connectivity index (χ4v) is 3.49. The van der Waals surface area contributed by atoms with Crippen molar-refractivity contribution in [2.24, 2.45) is 0 Å². The van der Waals surface area contributed by atoms with Crippen molar-refractivity contribution in [3.63, 3.8) is 0 Å². The van der Waals surface area contributed by atoms with Gasteiger partial charge in [0.2, 0.25) is 0 Å². The van der Waals surface area contributed by atoms with E-state index in [0.29, 0.717) is 0 Å². The first-order chi connectivity index (χ1) is 10.5. The third-order valence-electron chi connectivity index (χ3n) is 4.77. The maximum absolute atomic E-state index is 5.85.